The van der Waals surface area contributed by atoms with Crippen molar-refractivity contribution in [3.63, 3.8) is 0 Å². The van der Waals surface area contributed by atoms with Crippen molar-refractivity contribution in [1.82, 2.24) is 34.7 Å². The van der Waals surface area contributed by atoms with Crippen LogP contribution >= 0.6 is 11.8 Å². The van der Waals surface area contributed by atoms with Crippen LogP contribution in [0.5, 0.6) is 0 Å². The summed E-state index contributed by atoms with van der Waals surface area (Å²) in [7, 11) is 1.85. The second kappa shape index (κ2) is 9.26. The Morgan fingerprint density at radius 1 is 1.12 bits per heavy atom. The van der Waals surface area contributed by atoms with Gasteiger partial charge in [0.2, 0.25) is 0 Å². The summed E-state index contributed by atoms with van der Waals surface area (Å²) in [6, 6.07) is 17.2. The third-order valence-corrected chi connectivity index (χ3v) is 6.49. The lowest BCUT2D eigenvalue weighted by atomic mass is 10.0. The average molecular weight is 472 g/mol. The van der Waals surface area contributed by atoms with E-state index in [2.05, 4.69) is 26.9 Å². The van der Waals surface area contributed by atoms with E-state index in [9.17, 15) is 4.79 Å². The standard InChI is InChI=1S/C25H25N7OS/c1-16-22-18(15-20(17-9-5-4-6-10-17)26-24(22)31(2)30-16)25(33)27-19(12-14-34-3)23-29-28-21-11-7-8-13-32(21)23/h4-11,13,15,19H,12,14H2,1-3H3,(H,27,33). The van der Waals surface area contributed by atoms with Crippen LogP contribution in [0.1, 0.15) is 34.3 Å². The normalized spacial score (nSPS) is 12.3. The first-order valence-electron chi connectivity index (χ1n) is 11.1. The largest absolute Gasteiger partial charge is 0.342 e. The third-order valence-electron chi connectivity index (χ3n) is 5.85. The lowest BCUT2D eigenvalue weighted by Gasteiger charge is -2.18. The second-order valence-corrected chi connectivity index (χ2v) is 9.11. The number of carbonyl (C=O) groups excluding carboxylic acids is 1. The third kappa shape index (κ3) is 4.03. The number of aryl methyl sites for hydroxylation is 2. The number of aromatic nitrogens is 6. The fourth-order valence-corrected chi connectivity index (χ4v) is 4.69. The Hall–Kier alpha value is -3.72. The number of amides is 1. The van der Waals surface area contributed by atoms with E-state index in [0.717, 1.165) is 46.0 Å². The van der Waals surface area contributed by atoms with Gasteiger partial charge in [-0.2, -0.15) is 16.9 Å². The van der Waals surface area contributed by atoms with Crippen molar-refractivity contribution < 1.29 is 4.79 Å². The van der Waals surface area contributed by atoms with Crippen molar-refractivity contribution in [2.45, 2.75) is 19.4 Å². The molecule has 0 saturated carbocycles. The van der Waals surface area contributed by atoms with Crippen LogP contribution in [0.4, 0.5) is 0 Å². The zero-order chi connectivity index (χ0) is 23.7. The number of fused-ring (bicyclic) bond motifs is 2. The van der Waals surface area contributed by atoms with Gasteiger partial charge < -0.3 is 5.32 Å². The number of hydrogen-bond donors (Lipinski definition) is 1. The van der Waals surface area contributed by atoms with Gasteiger partial charge >= 0.3 is 0 Å². The number of pyridine rings is 2. The summed E-state index contributed by atoms with van der Waals surface area (Å²) in [4.78, 5) is 18.6. The Morgan fingerprint density at radius 3 is 2.71 bits per heavy atom. The molecule has 8 nitrogen and oxygen atoms in total. The highest BCUT2D eigenvalue weighted by Gasteiger charge is 2.24. The average Bonchev–Trinajstić information content (AvgIpc) is 3.42. The van der Waals surface area contributed by atoms with Crippen LogP contribution in [0, 0.1) is 6.92 Å². The Bertz CT molecular complexity index is 1480. The molecule has 0 radical (unpaired) electrons. The fourth-order valence-electron chi connectivity index (χ4n) is 4.22. The van der Waals surface area contributed by atoms with Crippen molar-refractivity contribution in [3.05, 3.63) is 77.9 Å². The molecule has 172 valence electrons. The molecule has 34 heavy (non-hydrogen) atoms. The number of carbonyl (C=O) groups is 1. The second-order valence-electron chi connectivity index (χ2n) is 8.12. The van der Waals surface area contributed by atoms with Crippen LogP contribution in [-0.2, 0) is 7.05 Å². The van der Waals surface area contributed by atoms with E-state index >= 15 is 0 Å². The highest BCUT2D eigenvalue weighted by atomic mass is 32.2. The van der Waals surface area contributed by atoms with Crippen LogP contribution in [0.15, 0.2) is 60.8 Å². The first-order valence-corrected chi connectivity index (χ1v) is 12.5. The molecule has 1 atom stereocenters. The maximum Gasteiger partial charge on any atom is 0.252 e. The minimum absolute atomic E-state index is 0.181. The minimum Gasteiger partial charge on any atom is -0.342 e. The van der Waals surface area contributed by atoms with Gasteiger partial charge in [-0.1, -0.05) is 36.4 Å². The van der Waals surface area contributed by atoms with E-state index in [-0.39, 0.29) is 11.9 Å². The number of nitrogens with one attached hydrogen (secondary N) is 1. The van der Waals surface area contributed by atoms with Gasteiger partial charge in [0.05, 0.1) is 28.4 Å². The Kier molecular flexibility index (Phi) is 6.02. The summed E-state index contributed by atoms with van der Waals surface area (Å²) >= 11 is 1.73. The number of thioether (sulfide) groups is 1. The van der Waals surface area contributed by atoms with Gasteiger partial charge in [0, 0.05) is 18.8 Å². The molecule has 1 amide bonds. The summed E-state index contributed by atoms with van der Waals surface area (Å²) in [5, 5.41) is 17.2. The molecule has 1 aromatic carbocycles. The van der Waals surface area contributed by atoms with E-state index in [4.69, 9.17) is 4.98 Å². The van der Waals surface area contributed by atoms with Gasteiger partial charge in [0.15, 0.2) is 17.1 Å². The number of benzene rings is 1. The first-order chi connectivity index (χ1) is 16.6. The molecule has 9 heteroatoms. The SMILES string of the molecule is CSCCC(NC(=O)c1cc(-c2ccccc2)nc2c1c(C)nn2C)c1nnc2ccccn12. The Labute approximate surface area is 201 Å². The highest BCUT2D eigenvalue weighted by molar-refractivity contribution is 7.98. The monoisotopic (exact) mass is 471 g/mol. The van der Waals surface area contributed by atoms with Crippen LogP contribution in [-0.4, -0.2) is 47.3 Å². The summed E-state index contributed by atoms with van der Waals surface area (Å²) < 4.78 is 3.66. The molecule has 5 aromatic rings. The molecule has 0 saturated heterocycles. The molecule has 4 aromatic heterocycles. The lowest BCUT2D eigenvalue weighted by molar-refractivity contribution is 0.0935. The molecule has 0 aliphatic carbocycles. The molecule has 0 spiro atoms. The quantitative estimate of drug-likeness (QED) is 0.382. The topological polar surface area (TPSA) is 90.0 Å². The van der Waals surface area contributed by atoms with Crippen LogP contribution in [0.3, 0.4) is 0 Å². The maximum absolute atomic E-state index is 13.8. The first kappa shape index (κ1) is 22.1. The summed E-state index contributed by atoms with van der Waals surface area (Å²) in [6.45, 7) is 1.90. The smallest absolute Gasteiger partial charge is 0.252 e. The predicted molar refractivity (Wildman–Crippen MR) is 135 cm³/mol. The maximum atomic E-state index is 13.8. The zero-order valence-corrected chi connectivity index (χ0v) is 20.1. The molecule has 1 unspecified atom stereocenters. The van der Waals surface area contributed by atoms with Crippen molar-refractivity contribution in [1.29, 1.82) is 0 Å². The summed E-state index contributed by atoms with van der Waals surface area (Å²) in [5.41, 5.74) is 4.43. The zero-order valence-electron chi connectivity index (χ0n) is 19.3. The van der Waals surface area contributed by atoms with Gasteiger partial charge in [-0.05, 0) is 43.6 Å². The van der Waals surface area contributed by atoms with E-state index in [1.807, 2.05) is 79.2 Å². The predicted octanol–water partition coefficient (Wildman–Crippen LogP) is 4.21. The number of rotatable bonds is 7. The summed E-state index contributed by atoms with van der Waals surface area (Å²) in [5.74, 6) is 1.41. The highest BCUT2D eigenvalue weighted by Crippen LogP contribution is 2.28. The minimum atomic E-state index is -0.294. The van der Waals surface area contributed by atoms with Gasteiger partial charge in [0.1, 0.15) is 0 Å². The van der Waals surface area contributed by atoms with Gasteiger partial charge in [0.25, 0.3) is 5.91 Å². The molecule has 1 N–H and O–H groups in total. The van der Waals surface area contributed by atoms with Crippen molar-refractivity contribution in [2.75, 3.05) is 12.0 Å². The van der Waals surface area contributed by atoms with E-state index < -0.39 is 0 Å². The molecule has 0 aliphatic rings. The molecule has 0 bridgehead atoms. The van der Waals surface area contributed by atoms with Crippen LogP contribution < -0.4 is 5.32 Å². The number of nitrogens with zero attached hydrogens (tertiary/aromatic N) is 6. The molecule has 4 heterocycles. The van der Waals surface area contributed by atoms with Crippen LogP contribution in [0.25, 0.3) is 27.9 Å². The van der Waals surface area contributed by atoms with E-state index in [1.165, 1.54) is 0 Å². The van der Waals surface area contributed by atoms with Crippen molar-refractivity contribution >= 4 is 34.3 Å². The Morgan fingerprint density at radius 2 is 1.91 bits per heavy atom. The molecular formula is C25H25N7OS. The lowest BCUT2D eigenvalue weighted by Crippen LogP contribution is -2.30. The molecular weight excluding hydrogens is 446 g/mol. The molecule has 0 aliphatic heterocycles. The van der Waals surface area contributed by atoms with Crippen molar-refractivity contribution in [2.24, 2.45) is 7.05 Å². The fraction of sp³-hybridized carbons (Fsp3) is 0.240. The van der Waals surface area contributed by atoms with Crippen molar-refractivity contribution in [3.8, 4) is 11.3 Å². The molecule has 0 fully saturated rings. The van der Waals surface area contributed by atoms with E-state index in [1.54, 1.807) is 16.4 Å². The van der Waals surface area contributed by atoms with Gasteiger partial charge in [-0.3, -0.25) is 13.9 Å². The van der Waals surface area contributed by atoms with Gasteiger partial charge in [-0.25, -0.2) is 4.98 Å². The van der Waals surface area contributed by atoms with Gasteiger partial charge in [-0.15, -0.1) is 10.2 Å². The van der Waals surface area contributed by atoms with Crippen LogP contribution in [0.2, 0.25) is 0 Å². The van der Waals surface area contributed by atoms with E-state index in [0.29, 0.717) is 11.2 Å². The summed E-state index contributed by atoms with van der Waals surface area (Å²) in [6.07, 6.45) is 4.71. The number of hydrogen-bond acceptors (Lipinski definition) is 6. The molecule has 5 rings (SSSR count). The Balaban J connectivity index is 1.58.